The van der Waals surface area contributed by atoms with Gasteiger partial charge in [0.05, 0.1) is 18.1 Å². The monoisotopic (exact) mass is 447 g/mol. The van der Waals surface area contributed by atoms with E-state index < -0.39 is 29.4 Å². The maximum atomic E-state index is 14.2. The van der Waals surface area contributed by atoms with Gasteiger partial charge in [-0.05, 0) is 35.4 Å². The van der Waals surface area contributed by atoms with E-state index in [2.05, 4.69) is 5.32 Å². The Labute approximate surface area is 191 Å². The van der Waals surface area contributed by atoms with Gasteiger partial charge in [0.25, 0.3) is 0 Å². The van der Waals surface area contributed by atoms with Gasteiger partial charge in [-0.15, -0.1) is 0 Å². The smallest absolute Gasteiger partial charge is 0.323 e. The first-order chi connectivity index (χ1) is 15.6. The van der Waals surface area contributed by atoms with Crippen molar-refractivity contribution >= 4 is 23.4 Å². The van der Waals surface area contributed by atoms with Gasteiger partial charge in [0.15, 0.2) is 5.78 Å². The third-order valence-electron chi connectivity index (χ3n) is 6.59. The molecule has 1 spiro atoms. The van der Waals surface area contributed by atoms with Crippen LogP contribution in [-0.4, -0.2) is 31.5 Å². The van der Waals surface area contributed by atoms with Crippen molar-refractivity contribution < 1.29 is 19.1 Å². The number of methoxy groups -OCH3 is 1. The van der Waals surface area contributed by atoms with Gasteiger partial charge in [0, 0.05) is 17.0 Å². The molecule has 0 saturated carbocycles. The summed E-state index contributed by atoms with van der Waals surface area (Å²) in [6, 6.07) is 23.0. The molecule has 0 amide bonds. The fourth-order valence-corrected chi connectivity index (χ4v) is 5.30. The summed E-state index contributed by atoms with van der Waals surface area (Å²) in [6.07, 6.45) is 0. The van der Waals surface area contributed by atoms with E-state index in [1.807, 2.05) is 54.6 Å². The molecule has 162 valence electrons. The first-order valence-electron chi connectivity index (χ1n) is 10.5. The van der Waals surface area contributed by atoms with Crippen LogP contribution < -0.4 is 10.1 Å². The van der Waals surface area contributed by atoms with Gasteiger partial charge in [-0.3, -0.25) is 14.9 Å². The standard InChI is InChI=1S/C26H22ClNO4/c1-31-25(30)22-21(16-7-3-2-4-8-16)26(23(28-22)17-11-13-18(27)14-12-17)15-32-20-10-6-5-9-19(20)24(26)29/h2-14,21-23,28H,15H2,1H3/t21-,22+,23+,26+/m0/s1. The van der Waals surface area contributed by atoms with Gasteiger partial charge in [0.2, 0.25) is 0 Å². The Morgan fingerprint density at radius 2 is 1.69 bits per heavy atom. The highest BCUT2D eigenvalue weighted by Gasteiger charge is 2.64. The summed E-state index contributed by atoms with van der Waals surface area (Å²) >= 11 is 6.13. The predicted molar refractivity (Wildman–Crippen MR) is 121 cm³/mol. The van der Waals surface area contributed by atoms with Crippen molar-refractivity contribution in [3.8, 4) is 5.75 Å². The van der Waals surface area contributed by atoms with Crippen molar-refractivity contribution in [3.63, 3.8) is 0 Å². The fraction of sp³-hybridized carbons (Fsp3) is 0.231. The van der Waals surface area contributed by atoms with Gasteiger partial charge >= 0.3 is 5.97 Å². The lowest BCUT2D eigenvalue weighted by atomic mass is 9.62. The van der Waals surface area contributed by atoms with Crippen LogP contribution in [0.25, 0.3) is 0 Å². The van der Waals surface area contributed by atoms with E-state index in [9.17, 15) is 9.59 Å². The lowest BCUT2D eigenvalue weighted by molar-refractivity contribution is -0.143. The number of benzene rings is 3. The van der Waals surface area contributed by atoms with Crippen LogP contribution in [0.3, 0.4) is 0 Å². The Kier molecular flexibility index (Phi) is 5.24. The number of carbonyl (C=O) groups is 2. The second-order valence-electron chi connectivity index (χ2n) is 8.19. The molecule has 1 N–H and O–H groups in total. The third kappa shape index (κ3) is 3.12. The van der Waals surface area contributed by atoms with Crippen molar-refractivity contribution in [1.82, 2.24) is 5.32 Å². The van der Waals surface area contributed by atoms with Crippen LogP contribution in [0, 0.1) is 5.41 Å². The van der Waals surface area contributed by atoms with Crippen LogP contribution in [0.2, 0.25) is 5.02 Å². The van der Waals surface area contributed by atoms with Crippen molar-refractivity contribution in [2.75, 3.05) is 13.7 Å². The van der Waals surface area contributed by atoms with E-state index >= 15 is 0 Å². The molecule has 2 aliphatic rings. The second-order valence-corrected chi connectivity index (χ2v) is 8.63. The molecular formula is C26H22ClNO4. The Hall–Kier alpha value is -3.15. The van der Waals surface area contributed by atoms with Crippen LogP contribution in [0.1, 0.15) is 33.4 Å². The molecule has 1 saturated heterocycles. The maximum absolute atomic E-state index is 14.2. The molecule has 3 aromatic rings. The number of ketones is 1. The lowest BCUT2D eigenvalue weighted by Crippen LogP contribution is -2.48. The average Bonchev–Trinajstić information content (AvgIpc) is 3.18. The van der Waals surface area contributed by atoms with Crippen LogP contribution in [0.5, 0.6) is 5.75 Å². The van der Waals surface area contributed by atoms with E-state index in [0.717, 1.165) is 11.1 Å². The van der Waals surface area contributed by atoms with E-state index in [-0.39, 0.29) is 12.4 Å². The molecule has 2 heterocycles. The summed E-state index contributed by atoms with van der Waals surface area (Å²) in [5, 5.41) is 4.03. The predicted octanol–water partition coefficient (Wildman–Crippen LogP) is 4.57. The third-order valence-corrected chi connectivity index (χ3v) is 6.84. The second kappa shape index (κ2) is 8.08. The number of halogens is 1. The Morgan fingerprint density at radius 3 is 2.41 bits per heavy atom. The van der Waals surface area contributed by atoms with Crippen LogP contribution in [0.15, 0.2) is 78.9 Å². The number of hydrogen-bond acceptors (Lipinski definition) is 5. The molecule has 0 aromatic heterocycles. The molecule has 0 aliphatic carbocycles. The molecule has 2 aliphatic heterocycles. The molecule has 3 aromatic carbocycles. The highest BCUT2D eigenvalue weighted by Crippen LogP contribution is 2.57. The molecule has 0 unspecified atom stereocenters. The van der Waals surface area contributed by atoms with E-state index in [0.29, 0.717) is 16.3 Å². The zero-order chi connectivity index (χ0) is 22.3. The maximum Gasteiger partial charge on any atom is 0.323 e. The summed E-state index contributed by atoms with van der Waals surface area (Å²) in [5.74, 6) is -0.391. The van der Waals surface area contributed by atoms with Gasteiger partial charge < -0.3 is 9.47 Å². The molecular weight excluding hydrogens is 426 g/mol. The highest BCUT2D eigenvalue weighted by molar-refractivity contribution is 6.30. The minimum Gasteiger partial charge on any atom is -0.492 e. The van der Waals surface area contributed by atoms with Gasteiger partial charge in [-0.2, -0.15) is 0 Å². The number of para-hydroxylation sites is 1. The van der Waals surface area contributed by atoms with Crippen molar-refractivity contribution in [3.05, 3.63) is 101 Å². The topological polar surface area (TPSA) is 64.6 Å². The van der Waals surface area contributed by atoms with Crippen LogP contribution in [-0.2, 0) is 9.53 Å². The van der Waals surface area contributed by atoms with Crippen molar-refractivity contribution in [2.24, 2.45) is 5.41 Å². The molecule has 1 fully saturated rings. The van der Waals surface area contributed by atoms with E-state index in [1.165, 1.54) is 7.11 Å². The first-order valence-corrected chi connectivity index (χ1v) is 10.8. The van der Waals surface area contributed by atoms with Crippen LogP contribution in [0.4, 0.5) is 0 Å². The van der Waals surface area contributed by atoms with Gasteiger partial charge in [-0.25, -0.2) is 0 Å². The number of nitrogens with one attached hydrogen (secondary N) is 1. The van der Waals surface area contributed by atoms with E-state index in [1.54, 1.807) is 24.3 Å². The summed E-state index contributed by atoms with van der Waals surface area (Å²) in [5.41, 5.74) is 1.20. The number of ether oxygens (including phenoxy) is 2. The summed E-state index contributed by atoms with van der Waals surface area (Å²) in [7, 11) is 1.36. The number of carbonyl (C=O) groups excluding carboxylic acids is 2. The average molecular weight is 448 g/mol. The number of rotatable bonds is 3. The van der Waals surface area contributed by atoms with Gasteiger partial charge in [0.1, 0.15) is 18.4 Å². The highest BCUT2D eigenvalue weighted by atomic mass is 35.5. The fourth-order valence-electron chi connectivity index (χ4n) is 5.17. The zero-order valence-corrected chi connectivity index (χ0v) is 18.2. The first kappa shape index (κ1) is 20.7. The molecule has 5 nitrogen and oxygen atoms in total. The van der Waals surface area contributed by atoms with Crippen LogP contribution >= 0.6 is 11.6 Å². The molecule has 0 radical (unpaired) electrons. The summed E-state index contributed by atoms with van der Waals surface area (Å²) in [4.78, 5) is 27.2. The number of fused-ring (bicyclic) bond motifs is 1. The minimum absolute atomic E-state index is 0.0490. The SMILES string of the molecule is COC(=O)[C@@H]1N[C@H](c2ccc(Cl)cc2)[C@@]2(COc3ccccc3C2=O)[C@H]1c1ccccc1. The largest absolute Gasteiger partial charge is 0.492 e. The molecule has 5 rings (SSSR count). The number of hydrogen-bond donors (Lipinski definition) is 1. The number of Topliss-reactive ketones (excluding diaryl/α,β-unsaturated/α-hetero) is 1. The Bertz CT molecular complexity index is 1160. The summed E-state index contributed by atoms with van der Waals surface area (Å²) in [6.45, 7) is 0.135. The molecule has 4 atom stereocenters. The molecule has 0 bridgehead atoms. The number of esters is 1. The van der Waals surface area contributed by atoms with Crippen molar-refractivity contribution in [1.29, 1.82) is 0 Å². The van der Waals surface area contributed by atoms with Crippen molar-refractivity contribution in [2.45, 2.75) is 18.0 Å². The summed E-state index contributed by atoms with van der Waals surface area (Å²) < 4.78 is 11.3. The van der Waals surface area contributed by atoms with E-state index in [4.69, 9.17) is 21.1 Å². The quantitative estimate of drug-likeness (QED) is 0.596. The normalized spacial score (nSPS) is 26.4. The lowest BCUT2D eigenvalue weighted by Gasteiger charge is -2.41. The zero-order valence-electron chi connectivity index (χ0n) is 17.5. The molecule has 6 heteroatoms. The Morgan fingerprint density at radius 1 is 1.00 bits per heavy atom. The Balaban J connectivity index is 1.75. The van der Waals surface area contributed by atoms with Gasteiger partial charge in [-0.1, -0.05) is 66.2 Å². The molecule has 32 heavy (non-hydrogen) atoms. The minimum atomic E-state index is -1.05.